The number of hydrogen-bond donors (Lipinski definition) is 2. The van der Waals surface area contributed by atoms with Gasteiger partial charge in [0.05, 0.1) is 17.9 Å². The largest absolute Gasteiger partial charge is 0.381 e. The van der Waals surface area contributed by atoms with E-state index in [0.29, 0.717) is 24.2 Å². The lowest BCUT2D eigenvalue weighted by molar-refractivity contribution is 0.0945. The minimum atomic E-state index is 0.116. The zero-order chi connectivity index (χ0) is 26.9. The second kappa shape index (κ2) is 11.3. The van der Waals surface area contributed by atoms with Gasteiger partial charge in [-0.25, -0.2) is 9.97 Å². The molecular weight excluding hydrogens is 470 g/mol. The summed E-state index contributed by atoms with van der Waals surface area (Å²) in [4.78, 5) is 15.1. The van der Waals surface area contributed by atoms with Crippen LogP contribution in [0.2, 0.25) is 0 Å². The van der Waals surface area contributed by atoms with E-state index in [1.165, 1.54) is 5.56 Å². The van der Waals surface area contributed by atoms with Crippen LogP contribution >= 0.6 is 0 Å². The molecule has 3 atom stereocenters. The van der Waals surface area contributed by atoms with E-state index >= 15 is 0 Å². The van der Waals surface area contributed by atoms with Crippen molar-refractivity contribution in [2.45, 2.75) is 89.0 Å². The number of piperazine rings is 1. The maximum Gasteiger partial charge on any atom is 0.159 e. The van der Waals surface area contributed by atoms with Gasteiger partial charge in [-0.3, -0.25) is 9.80 Å². The highest BCUT2D eigenvalue weighted by Gasteiger charge is 2.38. The molecule has 1 saturated heterocycles. The number of rotatable bonds is 8. The minimum Gasteiger partial charge on any atom is -0.381 e. The number of fused-ring (bicyclic) bond motifs is 1. The second-order valence-electron chi connectivity index (χ2n) is 12.0. The Kier molecular flexibility index (Phi) is 8.08. The predicted octanol–water partition coefficient (Wildman–Crippen LogP) is 5.30. The summed E-state index contributed by atoms with van der Waals surface area (Å²) < 4.78 is 2.22. The summed E-state index contributed by atoms with van der Waals surface area (Å²) in [6.45, 7) is 8.95. The summed E-state index contributed by atoms with van der Waals surface area (Å²) in [6, 6.07) is 15.0. The molecule has 2 aliphatic rings. The first-order valence-electron chi connectivity index (χ1n) is 14.6. The molecule has 2 N–H and O–H groups in total. The van der Waals surface area contributed by atoms with E-state index < -0.39 is 0 Å². The van der Waals surface area contributed by atoms with Gasteiger partial charge in [0, 0.05) is 43.8 Å². The molecule has 0 bridgehead atoms. The highest BCUT2D eigenvalue weighted by molar-refractivity contribution is 5.75. The van der Waals surface area contributed by atoms with Gasteiger partial charge in [0.2, 0.25) is 0 Å². The lowest BCUT2D eigenvalue weighted by Crippen LogP contribution is -2.55. The summed E-state index contributed by atoms with van der Waals surface area (Å²) in [7, 11) is 6.59. The van der Waals surface area contributed by atoms with Crippen molar-refractivity contribution in [3.05, 3.63) is 54.0 Å². The Morgan fingerprint density at radius 2 is 1.79 bits per heavy atom. The molecule has 0 spiro atoms. The van der Waals surface area contributed by atoms with Crippen molar-refractivity contribution in [2.24, 2.45) is 7.05 Å². The van der Waals surface area contributed by atoms with E-state index in [1.807, 2.05) is 6.20 Å². The lowest BCUT2D eigenvalue weighted by Gasteiger charge is -2.46. The van der Waals surface area contributed by atoms with Crippen LogP contribution in [0.5, 0.6) is 0 Å². The van der Waals surface area contributed by atoms with Crippen molar-refractivity contribution < 1.29 is 0 Å². The highest BCUT2D eigenvalue weighted by Crippen LogP contribution is 2.41. The third-order valence-corrected chi connectivity index (χ3v) is 8.98. The van der Waals surface area contributed by atoms with E-state index in [2.05, 4.69) is 103 Å². The number of aromatic nitrogens is 3. The quantitative estimate of drug-likeness (QED) is 0.423. The Morgan fingerprint density at radius 1 is 1.11 bits per heavy atom. The molecule has 0 amide bonds. The van der Waals surface area contributed by atoms with Gasteiger partial charge in [-0.05, 0) is 71.7 Å². The molecule has 0 radical (unpaired) electrons. The monoisotopic (exact) mass is 517 g/mol. The molecule has 1 saturated carbocycles. The van der Waals surface area contributed by atoms with E-state index in [9.17, 15) is 0 Å². The molecule has 1 aromatic carbocycles. The van der Waals surface area contributed by atoms with Crippen molar-refractivity contribution >= 4 is 16.9 Å². The predicted molar refractivity (Wildman–Crippen MR) is 157 cm³/mol. The molecule has 1 aliphatic heterocycles. The Hall–Kier alpha value is -2.48. The normalized spacial score (nSPS) is 27.6. The number of nitrogens with one attached hydrogen (secondary N) is 2. The molecule has 38 heavy (non-hydrogen) atoms. The maximum absolute atomic E-state index is 5.19. The summed E-state index contributed by atoms with van der Waals surface area (Å²) in [6.07, 6.45) is 8.81. The van der Waals surface area contributed by atoms with E-state index in [-0.39, 0.29) is 5.54 Å². The van der Waals surface area contributed by atoms with Crippen LogP contribution in [0.3, 0.4) is 0 Å². The Morgan fingerprint density at radius 3 is 2.42 bits per heavy atom. The van der Waals surface area contributed by atoms with Gasteiger partial charge >= 0.3 is 0 Å². The Bertz CT molecular complexity index is 1190. The SMILES string of the molecule is CCCC(c1nc2cc(N[C@H]3CC[C@@](c4ccccc4)(N(C)C)CC3)cnc2n1C)N1C[C@@H](C)N[C@@H](C)C1. The summed E-state index contributed by atoms with van der Waals surface area (Å²) in [5.74, 6) is 1.14. The van der Waals surface area contributed by atoms with Crippen LogP contribution in [-0.4, -0.2) is 69.6 Å². The summed E-state index contributed by atoms with van der Waals surface area (Å²) in [5.41, 5.74) is 4.60. The van der Waals surface area contributed by atoms with E-state index in [0.717, 1.165) is 74.3 Å². The topological polar surface area (TPSA) is 61.3 Å². The molecule has 2 fully saturated rings. The van der Waals surface area contributed by atoms with Crippen molar-refractivity contribution in [3.63, 3.8) is 0 Å². The van der Waals surface area contributed by atoms with Crippen molar-refractivity contribution in [1.82, 2.24) is 29.7 Å². The molecule has 1 unspecified atom stereocenters. The molecule has 3 heterocycles. The zero-order valence-electron chi connectivity index (χ0n) is 24.2. The summed E-state index contributed by atoms with van der Waals surface area (Å²) >= 11 is 0. The number of benzene rings is 1. The van der Waals surface area contributed by atoms with Gasteiger partial charge in [-0.2, -0.15) is 0 Å². The van der Waals surface area contributed by atoms with Crippen LogP contribution in [0.15, 0.2) is 42.6 Å². The maximum atomic E-state index is 5.19. The van der Waals surface area contributed by atoms with Crippen LogP contribution in [0.1, 0.15) is 76.7 Å². The highest BCUT2D eigenvalue weighted by atomic mass is 15.3. The average Bonchev–Trinajstić information content (AvgIpc) is 3.22. The minimum absolute atomic E-state index is 0.116. The number of hydrogen-bond acceptors (Lipinski definition) is 6. The Labute approximate surface area is 229 Å². The fraction of sp³-hybridized carbons (Fsp3) is 0.613. The fourth-order valence-corrected chi connectivity index (χ4v) is 7.06. The number of imidazole rings is 1. The van der Waals surface area contributed by atoms with Gasteiger partial charge < -0.3 is 15.2 Å². The average molecular weight is 518 g/mol. The fourth-order valence-electron chi connectivity index (χ4n) is 7.06. The van der Waals surface area contributed by atoms with Crippen molar-refractivity contribution in [3.8, 4) is 0 Å². The van der Waals surface area contributed by atoms with Crippen LogP contribution in [0, 0.1) is 0 Å². The van der Waals surface area contributed by atoms with Gasteiger partial charge in [0.1, 0.15) is 11.3 Å². The van der Waals surface area contributed by atoms with Crippen LogP contribution in [0.25, 0.3) is 11.2 Å². The molecule has 1 aliphatic carbocycles. The second-order valence-corrected chi connectivity index (χ2v) is 12.0. The first kappa shape index (κ1) is 27.1. The first-order chi connectivity index (χ1) is 18.3. The van der Waals surface area contributed by atoms with Gasteiger partial charge in [-0.1, -0.05) is 43.7 Å². The van der Waals surface area contributed by atoms with Crippen LogP contribution in [0.4, 0.5) is 5.69 Å². The molecule has 7 heteroatoms. The molecule has 3 aromatic rings. The smallest absolute Gasteiger partial charge is 0.159 e. The van der Waals surface area contributed by atoms with Crippen LogP contribution < -0.4 is 10.6 Å². The zero-order valence-corrected chi connectivity index (χ0v) is 24.2. The number of anilines is 1. The molecule has 206 valence electrons. The van der Waals surface area contributed by atoms with Gasteiger partial charge in [0.25, 0.3) is 0 Å². The number of aryl methyl sites for hydroxylation is 1. The summed E-state index contributed by atoms with van der Waals surface area (Å²) in [5, 5.41) is 7.48. The van der Waals surface area contributed by atoms with Crippen molar-refractivity contribution in [2.75, 3.05) is 32.5 Å². The standard InChI is InChI=1S/C31H47N7/c1-7-11-28(38-20-22(2)33-23(3)21-38)30-35-27-18-26(19-32-29(27)37(30)6)34-25-14-16-31(17-15-25,36(4)5)24-12-9-8-10-13-24/h8-10,12-13,18-19,22-23,25,28,33-34H,7,11,14-17,20-21H2,1-6H3/t22-,23+,25-,28?,31+. The molecule has 7 nitrogen and oxygen atoms in total. The van der Waals surface area contributed by atoms with E-state index in [1.54, 1.807) is 0 Å². The molecule has 5 rings (SSSR count). The number of nitrogens with zero attached hydrogens (tertiary/aromatic N) is 5. The van der Waals surface area contributed by atoms with Crippen molar-refractivity contribution in [1.29, 1.82) is 0 Å². The third-order valence-electron chi connectivity index (χ3n) is 8.98. The number of pyridine rings is 1. The van der Waals surface area contributed by atoms with Gasteiger partial charge in [0.15, 0.2) is 5.65 Å². The van der Waals surface area contributed by atoms with Gasteiger partial charge in [-0.15, -0.1) is 0 Å². The van der Waals surface area contributed by atoms with Crippen LogP contribution in [-0.2, 0) is 12.6 Å². The third kappa shape index (κ3) is 5.33. The molecule has 2 aromatic heterocycles. The first-order valence-corrected chi connectivity index (χ1v) is 14.6. The Balaban J connectivity index is 1.32. The van der Waals surface area contributed by atoms with E-state index in [4.69, 9.17) is 9.97 Å². The lowest BCUT2D eigenvalue weighted by atomic mass is 9.74. The molecular formula is C31H47N7.